The Balaban J connectivity index is 2.19. The third kappa shape index (κ3) is 5.60. The minimum Gasteiger partial charge on any atom is -0.392 e. The standard InChI is InChI=1S/C12H17N5O8S3/c1-6(2)25-15-9(8-5-26-12(14-8)16-27(3,20)21)10(18)13-7-4-17(11(7)19)28(22,23)24/h5-7H,4H2,1-3H3,(H,13,18)(H,14,16)(H,22,23,24)/b15-9+. The second kappa shape index (κ2) is 7.98. The van der Waals surface area contributed by atoms with E-state index < -0.39 is 50.8 Å². The Hall–Kier alpha value is -2.30. The molecule has 1 atom stereocenters. The molecule has 3 N–H and O–H groups in total. The highest BCUT2D eigenvalue weighted by atomic mass is 32.2. The number of β-lactam (4-membered cyclic amide) rings is 1. The molecule has 0 spiro atoms. The molecule has 0 saturated carbocycles. The maximum absolute atomic E-state index is 12.5. The zero-order valence-electron chi connectivity index (χ0n) is 14.8. The number of oxime groups is 1. The summed E-state index contributed by atoms with van der Waals surface area (Å²) < 4.78 is 55.6. The maximum atomic E-state index is 12.5. The van der Waals surface area contributed by atoms with Gasteiger partial charge in [0.25, 0.3) is 11.8 Å². The fourth-order valence-corrected chi connectivity index (χ4v) is 4.13. The molecule has 1 aromatic rings. The number of thiazole rings is 1. The predicted molar refractivity (Wildman–Crippen MR) is 98.5 cm³/mol. The van der Waals surface area contributed by atoms with Crippen molar-refractivity contribution in [1.29, 1.82) is 0 Å². The summed E-state index contributed by atoms with van der Waals surface area (Å²) in [5.41, 5.74) is -0.364. The van der Waals surface area contributed by atoms with Crippen LogP contribution < -0.4 is 10.0 Å². The van der Waals surface area contributed by atoms with Gasteiger partial charge in [-0.1, -0.05) is 5.16 Å². The lowest BCUT2D eigenvalue weighted by molar-refractivity contribution is -0.139. The highest BCUT2D eigenvalue weighted by Crippen LogP contribution is 2.19. The molecule has 13 nitrogen and oxygen atoms in total. The molecule has 1 aromatic heterocycles. The maximum Gasteiger partial charge on any atom is 0.362 e. The minimum absolute atomic E-state index is 0.0141. The van der Waals surface area contributed by atoms with Gasteiger partial charge in [0.05, 0.1) is 12.8 Å². The molecule has 16 heteroatoms. The van der Waals surface area contributed by atoms with Crippen LogP contribution in [0.1, 0.15) is 19.5 Å². The van der Waals surface area contributed by atoms with E-state index in [9.17, 15) is 26.4 Å². The van der Waals surface area contributed by atoms with E-state index >= 15 is 0 Å². The van der Waals surface area contributed by atoms with Crippen molar-refractivity contribution in [2.75, 3.05) is 17.5 Å². The van der Waals surface area contributed by atoms with Gasteiger partial charge in [0.1, 0.15) is 17.8 Å². The first-order chi connectivity index (χ1) is 12.8. The summed E-state index contributed by atoms with van der Waals surface area (Å²) in [6.45, 7) is 2.85. The Labute approximate surface area is 164 Å². The van der Waals surface area contributed by atoms with E-state index in [1.54, 1.807) is 13.8 Å². The molecule has 0 aromatic carbocycles. The summed E-state index contributed by atoms with van der Waals surface area (Å²) >= 11 is 0.894. The summed E-state index contributed by atoms with van der Waals surface area (Å²) in [5.74, 6) is -1.91. The molecule has 0 bridgehead atoms. The molecule has 28 heavy (non-hydrogen) atoms. The van der Waals surface area contributed by atoms with E-state index in [-0.39, 0.29) is 20.8 Å². The number of nitrogens with one attached hydrogen (secondary N) is 2. The van der Waals surface area contributed by atoms with Gasteiger partial charge in [0, 0.05) is 5.38 Å². The molecule has 1 unspecified atom stereocenters. The van der Waals surface area contributed by atoms with Crippen LogP contribution in [0.15, 0.2) is 10.5 Å². The average molecular weight is 455 g/mol. The molecular weight excluding hydrogens is 438 g/mol. The van der Waals surface area contributed by atoms with Crippen LogP contribution in [0.4, 0.5) is 5.13 Å². The molecule has 1 aliphatic rings. The van der Waals surface area contributed by atoms with Crippen LogP contribution in [0.3, 0.4) is 0 Å². The van der Waals surface area contributed by atoms with Crippen LogP contribution in [-0.2, 0) is 34.8 Å². The predicted octanol–water partition coefficient (Wildman–Crippen LogP) is -1.23. The molecule has 1 fully saturated rings. The number of carbonyl (C=O) groups excluding carboxylic acids is 2. The van der Waals surface area contributed by atoms with Gasteiger partial charge in [-0.25, -0.2) is 17.7 Å². The fraction of sp³-hybridized carbons (Fsp3) is 0.500. The summed E-state index contributed by atoms with van der Waals surface area (Å²) in [4.78, 5) is 33.2. The number of hydrogen-bond donors (Lipinski definition) is 3. The monoisotopic (exact) mass is 455 g/mol. The van der Waals surface area contributed by atoms with Gasteiger partial charge in [-0.3, -0.25) is 18.9 Å². The first-order valence-electron chi connectivity index (χ1n) is 7.55. The van der Waals surface area contributed by atoms with Gasteiger partial charge >= 0.3 is 10.3 Å². The molecule has 2 heterocycles. The van der Waals surface area contributed by atoms with Crippen LogP contribution in [0.5, 0.6) is 0 Å². The van der Waals surface area contributed by atoms with E-state index in [1.807, 2.05) is 0 Å². The second-order valence-corrected chi connectivity index (χ2v) is 9.82. The minimum atomic E-state index is -4.69. The largest absolute Gasteiger partial charge is 0.392 e. The van der Waals surface area contributed by atoms with E-state index in [4.69, 9.17) is 9.39 Å². The number of aromatic nitrogens is 1. The van der Waals surface area contributed by atoms with E-state index in [2.05, 4.69) is 20.2 Å². The number of anilines is 1. The highest BCUT2D eigenvalue weighted by Gasteiger charge is 2.45. The van der Waals surface area contributed by atoms with Crippen molar-refractivity contribution < 1.29 is 35.8 Å². The zero-order valence-corrected chi connectivity index (χ0v) is 17.3. The van der Waals surface area contributed by atoms with Gasteiger partial charge in [-0.05, 0) is 13.8 Å². The first-order valence-corrected chi connectivity index (χ1v) is 11.7. The number of amides is 2. The Bertz CT molecular complexity index is 1010. The first kappa shape index (κ1) is 22.0. The van der Waals surface area contributed by atoms with Gasteiger partial charge in [0.15, 0.2) is 10.8 Å². The van der Waals surface area contributed by atoms with Crippen LogP contribution in [-0.4, -0.2) is 73.1 Å². The molecular formula is C12H17N5O8S3. The highest BCUT2D eigenvalue weighted by molar-refractivity contribution is 7.92. The topological polar surface area (TPSA) is 184 Å². The lowest BCUT2D eigenvalue weighted by Gasteiger charge is -2.35. The van der Waals surface area contributed by atoms with Crippen molar-refractivity contribution in [3.8, 4) is 0 Å². The van der Waals surface area contributed by atoms with Crippen molar-refractivity contribution in [3.05, 3.63) is 11.1 Å². The third-order valence-electron chi connectivity index (χ3n) is 3.07. The van der Waals surface area contributed by atoms with Gasteiger partial charge in [-0.2, -0.15) is 8.42 Å². The van der Waals surface area contributed by atoms with Gasteiger partial charge in [-0.15, -0.1) is 11.3 Å². The second-order valence-electron chi connectivity index (χ2n) is 5.88. The lowest BCUT2D eigenvalue weighted by Crippen LogP contribution is -2.65. The molecule has 156 valence electrons. The summed E-state index contributed by atoms with van der Waals surface area (Å²) in [6, 6.07) is -1.19. The third-order valence-corrected chi connectivity index (χ3v) is 5.40. The Kier molecular flexibility index (Phi) is 6.27. The fourth-order valence-electron chi connectivity index (χ4n) is 1.89. The van der Waals surface area contributed by atoms with Crippen molar-refractivity contribution in [3.63, 3.8) is 0 Å². The van der Waals surface area contributed by atoms with Crippen molar-refractivity contribution in [1.82, 2.24) is 14.6 Å². The molecule has 1 aliphatic heterocycles. The van der Waals surface area contributed by atoms with Gasteiger partial charge < -0.3 is 10.2 Å². The smallest absolute Gasteiger partial charge is 0.362 e. The number of sulfonamides is 1. The molecule has 2 amide bonds. The van der Waals surface area contributed by atoms with E-state index in [0.717, 1.165) is 17.6 Å². The van der Waals surface area contributed by atoms with Gasteiger partial charge in [0.2, 0.25) is 10.0 Å². The SMILES string of the molecule is CC(C)O/N=C(/C(=O)NC1CN(S(=O)(=O)O)C1=O)c1csc(NS(C)(=O)=O)n1. The molecule has 0 radical (unpaired) electrons. The van der Waals surface area contributed by atoms with Crippen molar-refractivity contribution in [2.24, 2.45) is 5.16 Å². The molecule has 0 aliphatic carbocycles. The summed E-state index contributed by atoms with van der Waals surface area (Å²) in [5, 5.41) is 7.28. The van der Waals surface area contributed by atoms with E-state index in [1.165, 1.54) is 5.38 Å². The Morgan fingerprint density at radius 1 is 1.43 bits per heavy atom. The van der Waals surface area contributed by atoms with Crippen LogP contribution in [0.25, 0.3) is 0 Å². The lowest BCUT2D eigenvalue weighted by atomic mass is 10.1. The normalized spacial score (nSPS) is 18.0. The van der Waals surface area contributed by atoms with Crippen LogP contribution >= 0.6 is 11.3 Å². The number of carbonyl (C=O) groups is 2. The van der Waals surface area contributed by atoms with E-state index in [0.29, 0.717) is 0 Å². The average Bonchev–Trinajstić information content (AvgIpc) is 2.95. The van der Waals surface area contributed by atoms with Crippen molar-refractivity contribution >= 4 is 54.3 Å². The Morgan fingerprint density at radius 3 is 2.57 bits per heavy atom. The summed E-state index contributed by atoms with van der Waals surface area (Å²) in [6.07, 6.45) is 0.538. The number of rotatable bonds is 8. The molecule has 2 rings (SSSR count). The zero-order chi connectivity index (χ0) is 21.3. The summed E-state index contributed by atoms with van der Waals surface area (Å²) in [7, 11) is -8.27. The number of hydrogen-bond acceptors (Lipinski definition) is 10. The number of nitrogens with zero attached hydrogens (tertiary/aromatic N) is 3. The van der Waals surface area contributed by atoms with Crippen molar-refractivity contribution in [2.45, 2.75) is 26.0 Å². The molecule has 1 saturated heterocycles. The quantitative estimate of drug-likeness (QED) is 0.187. The van der Waals surface area contributed by atoms with Crippen LogP contribution in [0.2, 0.25) is 0 Å². The van der Waals surface area contributed by atoms with Crippen LogP contribution in [0, 0.1) is 0 Å². The Morgan fingerprint density at radius 2 is 2.07 bits per heavy atom.